The lowest BCUT2D eigenvalue weighted by molar-refractivity contribution is -0.122. The fourth-order valence-electron chi connectivity index (χ4n) is 3.22. The maximum Gasteiger partial charge on any atom is 0.222 e. The fraction of sp³-hybridized carbons (Fsp3) is 0.474. The molecular weight excluding hydrogens is 338 g/mol. The van der Waals surface area contributed by atoms with Gasteiger partial charge in [-0.2, -0.15) is 5.10 Å². The lowest BCUT2D eigenvalue weighted by atomic mass is 10.0. The van der Waals surface area contributed by atoms with Gasteiger partial charge in [0, 0.05) is 13.0 Å². The molecule has 0 saturated carbocycles. The minimum atomic E-state index is -0.0388. The summed E-state index contributed by atoms with van der Waals surface area (Å²) in [5.74, 6) is 0.974. The van der Waals surface area contributed by atoms with E-state index in [0.717, 1.165) is 42.1 Å². The molecule has 134 valence electrons. The summed E-state index contributed by atoms with van der Waals surface area (Å²) >= 11 is 6.18. The molecule has 1 aromatic carbocycles. The first kappa shape index (κ1) is 17.8. The molecule has 6 heteroatoms. The van der Waals surface area contributed by atoms with Crippen molar-refractivity contribution < 1.29 is 9.53 Å². The Morgan fingerprint density at radius 1 is 1.44 bits per heavy atom. The van der Waals surface area contributed by atoms with E-state index in [1.807, 2.05) is 37.6 Å². The first-order valence-electron chi connectivity index (χ1n) is 8.68. The second kappa shape index (κ2) is 7.48. The molecule has 1 N–H and O–H groups in total. The van der Waals surface area contributed by atoms with Crippen molar-refractivity contribution in [2.24, 2.45) is 0 Å². The summed E-state index contributed by atoms with van der Waals surface area (Å²) < 4.78 is 7.45. The highest BCUT2D eigenvalue weighted by atomic mass is 35.5. The van der Waals surface area contributed by atoms with Gasteiger partial charge in [0.15, 0.2) is 0 Å². The van der Waals surface area contributed by atoms with Crippen molar-refractivity contribution >= 4 is 17.5 Å². The van der Waals surface area contributed by atoms with Crippen LogP contribution < -0.4 is 10.1 Å². The number of nitrogens with one attached hydrogen (secondary N) is 1. The van der Waals surface area contributed by atoms with E-state index in [1.54, 1.807) is 0 Å². The second-order valence-electron chi connectivity index (χ2n) is 6.65. The molecule has 3 rings (SSSR count). The van der Waals surface area contributed by atoms with Crippen LogP contribution in [0.3, 0.4) is 0 Å². The van der Waals surface area contributed by atoms with E-state index in [1.165, 1.54) is 5.56 Å². The number of hydrogen-bond donors (Lipinski definition) is 1. The van der Waals surface area contributed by atoms with Crippen LogP contribution in [0.5, 0.6) is 5.75 Å². The molecule has 1 aromatic heterocycles. The number of aryl methyl sites for hydroxylation is 2. The van der Waals surface area contributed by atoms with Gasteiger partial charge in [0.25, 0.3) is 0 Å². The Morgan fingerprint density at radius 3 is 2.96 bits per heavy atom. The van der Waals surface area contributed by atoms with Crippen molar-refractivity contribution in [1.82, 2.24) is 15.1 Å². The maximum absolute atomic E-state index is 12.3. The lowest BCUT2D eigenvalue weighted by Crippen LogP contribution is -2.26. The van der Waals surface area contributed by atoms with Crippen LogP contribution in [0.2, 0.25) is 5.02 Å². The van der Waals surface area contributed by atoms with Crippen molar-refractivity contribution in [3.8, 4) is 5.75 Å². The Hall–Kier alpha value is -2.01. The number of halogens is 1. The molecule has 0 unspecified atom stereocenters. The monoisotopic (exact) mass is 361 g/mol. The summed E-state index contributed by atoms with van der Waals surface area (Å²) in [5, 5.41) is 8.08. The molecule has 0 saturated heterocycles. The van der Waals surface area contributed by atoms with Crippen LogP contribution >= 0.6 is 11.6 Å². The van der Waals surface area contributed by atoms with Gasteiger partial charge in [0.1, 0.15) is 5.75 Å². The number of amides is 1. The molecule has 5 nitrogen and oxygen atoms in total. The highest BCUT2D eigenvalue weighted by molar-refractivity contribution is 6.31. The average Bonchev–Trinajstić information content (AvgIpc) is 2.87. The number of benzene rings is 1. The SMILES string of the molecule is Cc1nn([C@@H](C)CC(=O)NCc2ccc3c(c2)CCCO3)c(C)c1Cl. The molecule has 0 fully saturated rings. The number of carbonyl (C=O) groups is 1. The zero-order chi connectivity index (χ0) is 18.0. The first-order chi connectivity index (χ1) is 12.0. The maximum atomic E-state index is 12.3. The van der Waals surface area contributed by atoms with Crippen molar-refractivity contribution in [3.05, 3.63) is 45.7 Å². The predicted molar refractivity (Wildman–Crippen MR) is 98.1 cm³/mol. The molecule has 25 heavy (non-hydrogen) atoms. The Labute approximate surface area is 153 Å². The summed E-state index contributed by atoms with van der Waals surface area (Å²) in [6.45, 7) is 7.09. The molecule has 2 aromatic rings. The van der Waals surface area contributed by atoms with E-state index in [0.29, 0.717) is 18.0 Å². The zero-order valence-corrected chi connectivity index (χ0v) is 15.7. The van der Waals surface area contributed by atoms with E-state index in [-0.39, 0.29) is 11.9 Å². The average molecular weight is 362 g/mol. The van der Waals surface area contributed by atoms with Crippen LogP contribution in [-0.2, 0) is 17.8 Å². The lowest BCUT2D eigenvalue weighted by Gasteiger charge is -2.18. The second-order valence-corrected chi connectivity index (χ2v) is 7.03. The fourth-order valence-corrected chi connectivity index (χ4v) is 3.35. The molecule has 1 atom stereocenters. The van der Waals surface area contributed by atoms with E-state index >= 15 is 0 Å². The quantitative estimate of drug-likeness (QED) is 0.882. The van der Waals surface area contributed by atoms with Crippen molar-refractivity contribution in [2.45, 2.75) is 52.6 Å². The highest BCUT2D eigenvalue weighted by Gasteiger charge is 2.17. The van der Waals surface area contributed by atoms with Gasteiger partial charge in [-0.25, -0.2) is 0 Å². The van der Waals surface area contributed by atoms with Gasteiger partial charge in [-0.05, 0) is 50.8 Å². The zero-order valence-electron chi connectivity index (χ0n) is 14.9. The number of fused-ring (bicyclic) bond motifs is 1. The molecule has 1 aliphatic rings. The van der Waals surface area contributed by atoms with Gasteiger partial charge < -0.3 is 10.1 Å². The highest BCUT2D eigenvalue weighted by Crippen LogP contribution is 2.26. The number of carbonyl (C=O) groups excluding carboxylic acids is 1. The molecule has 0 radical (unpaired) electrons. The van der Waals surface area contributed by atoms with Gasteiger partial charge in [0.05, 0.1) is 29.1 Å². The molecule has 1 amide bonds. The third-order valence-electron chi connectivity index (χ3n) is 4.60. The first-order valence-corrected chi connectivity index (χ1v) is 9.06. The minimum Gasteiger partial charge on any atom is -0.493 e. The molecule has 0 bridgehead atoms. The van der Waals surface area contributed by atoms with Crippen LogP contribution in [0, 0.1) is 13.8 Å². The summed E-state index contributed by atoms with van der Waals surface area (Å²) in [7, 11) is 0. The van der Waals surface area contributed by atoms with Crippen LogP contribution in [0.15, 0.2) is 18.2 Å². The van der Waals surface area contributed by atoms with Crippen LogP contribution in [0.1, 0.15) is 48.3 Å². The third-order valence-corrected chi connectivity index (χ3v) is 5.14. The summed E-state index contributed by atoms with van der Waals surface area (Å²) in [6.07, 6.45) is 2.45. The van der Waals surface area contributed by atoms with Crippen LogP contribution in [0.25, 0.3) is 0 Å². The van der Waals surface area contributed by atoms with Crippen molar-refractivity contribution in [3.63, 3.8) is 0 Å². The smallest absolute Gasteiger partial charge is 0.222 e. The molecule has 0 spiro atoms. The van der Waals surface area contributed by atoms with Gasteiger partial charge >= 0.3 is 0 Å². The molecule has 1 aliphatic heterocycles. The molecular formula is C19H24ClN3O2. The van der Waals surface area contributed by atoms with Gasteiger partial charge in [-0.3, -0.25) is 9.48 Å². The number of rotatable bonds is 5. The minimum absolute atomic E-state index is 0.00477. The molecule has 2 heterocycles. The summed E-state index contributed by atoms with van der Waals surface area (Å²) in [5.41, 5.74) is 4.01. The van der Waals surface area contributed by atoms with Crippen LogP contribution in [-0.4, -0.2) is 22.3 Å². The summed E-state index contributed by atoms with van der Waals surface area (Å²) in [6, 6.07) is 6.09. The Balaban J connectivity index is 1.56. The van der Waals surface area contributed by atoms with Crippen molar-refractivity contribution in [1.29, 1.82) is 0 Å². The van der Waals surface area contributed by atoms with E-state index in [9.17, 15) is 4.79 Å². The topological polar surface area (TPSA) is 56.2 Å². The summed E-state index contributed by atoms with van der Waals surface area (Å²) in [4.78, 5) is 12.3. The van der Waals surface area contributed by atoms with Gasteiger partial charge in [0.2, 0.25) is 5.91 Å². The molecule has 0 aliphatic carbocycles. The van der Waals surface area contributed by atoms with E-state index in [4.69, 9.17) is 16.3 Å². The Bertz CT molecular complexity index is 785. The predicted octanol–water partition coefficient (Wildman–Crippen LogP) is 3.75. The standard InChI is InChI=1S/C19H24ClN3O2/c1-12(23-14(3)19(20)13(2)22-23)9-18(24)21-11-15-6-7-17-16(10-15)5-4-8-25-17/h6-7,10,12H,4-5,8-9,11H2,1-3H3,(H,21,24)/t12-/m0/s1. The number of hydrogen-bond acceptors (Lipinski definition) is 3. The van der Waals surface area contributed by atoms with Gasteiger partial charge in [-0.1, -0.05) is 23.7 Å². The van der Waals surface area contributed by atoms with E-state index in [2.05, 4.69) is 16.5 Å². The third kappa shape index (κ3) is 3.98. The van der Waals surface area contributed by atoms with E-state index < -0.39 is 0 Å². The number of nitrogens with zero attached hydrogens (tertiary/aromatic N) is 2. The Morgan fingerprint density at radius 2 is 2.24 bits per heavy atom. The Kier molecular flexibility index (Phi) is 5.33. The normalized spacial score (nSPS) is 14.6. The van der Waals surface area contributed by atoms with Crippen LogP contribution in [0.4, 0.5) is 0 Å². The largest absolute Gasteiger partial charge is 0.493 e. The van der Waals surface area contributed by atoms with Gasteiger partial charge in [-0.15, -0.1) is 0 Å². The number of aromatic nitrogens is 2. The number of ether oxygens (including phenoxy) is 1. The van der Waals surface area contributed by atoms with Crippen molar-refractivity contribution in [2.75, 3.05) is 6.61 Å².